The van der Waals surface area contributed by atoms with Gasteiger partial charge in [0.25, 0.3) is 0 Å². The molecule has 0 aliphatic heterocycles. The SMILES string of the molecule is CCO[Si](C)(C)CCc1ccc(CC[Si](C)(OCC)OCC)cc1.CCO[Si](C)(C)Cc1ccc(C[Si](C)(OCC)OCC)cc1.CCO[Si](C)(C)Cc1ccc(C[Si](C)(OCC)OCC)cc1.CCO[Si](C)(C)c1ccc([Si](C)(OCC)OCC)cc1.CCO[Si](Cc1ccc(C[Si](C)(C)C)cc1)(OCC)OCC. The summed E-state index contributed by atoms with van der Waals surface area (Å²) in [6.45, 7) is 75.3. The number of benzene rings is 5. The van der Waals surface area contributed by atoms with E-state index in [1.54, 1.807) is 0 Å². The summed E-state index contributed by atoms with van der Waals surface area (Å²) in [5, 5.41) is 2.50. The van der Waals surface area contributed by atoms with Crippen LogP contribution < -0.4 is 10.4 Å². The Balaban J connectivity index is 0.000000688. The van der Waals surface area contributed by atoms with Crippen molar-refractivity contribution in [1.82, 2.24) is 0 Å². The Hall–Kier alpha value is -2.33. The predicted molar refractivity (Wildman–Crippen MR) is 491 cm³/mol. The molecule has 0 bridgehead atoms. The highest BCUT2D eigenvalue weighted by Gasteiger charge is 2.41. The van der Waals surface area contributed by atoms with Gasteiger partial charge in [-0.05, 0) is 275 Å². The molecule has 0 spiro atoms. The number of hydrogen-bond donors (Lipinski definition) is 0. The van der Waals surface area contributed by atoms with Crippen molar-refractivity contribution >= 4 is 94.8 Å². The molecule has 0 aliphatic carbocycles. The molecule has 15 nitrogen and oxygen atoms in total. The van der Waals surface area contributed by atoms with Gasteiger partial charge >= 0.3 is 43.0 Å². The molecule has 25 heteroatoms. The van der Waals surface area contributed by atoms with Crippen LogP contribution in [0.1, 0.15) is 148 Å². The van der Waals surface area contributed by atoms with Crippen molar-refractivity contribution < 1.29 is 66.4 Å². The quantitative estimate of drug-likeness (QED) is 0.0341. The molecule has 0 amide bonds. The van der Waals surface area contributed by atoms with E-state index in [1.165, 1.54) is 67.0 Å². The van der Waals surface area contributed by atoms with Gasteiger partial charge in [-0.25, -0.2) is 0 Å². The monoisotopic (exact) mass is 1700 g/mol. The van der Waals surface area contributed by atoms with Crippen molar-refractivity contribution in [2.75, 3.05) is 99.1 Å². The molecule has 5 aromatic carbocycles. The fraction of sp³-hybridized carbons (Fsp3) is 0.647. The third-order valence-corrected chi connectivity index (χ3v) is 44.4. The van der Waals surface area contributed by atoms with E-state index in [2.05, 4.69) is 247 Å². The van der Waals surface area contributed by atoms with Gasteiger partial charge in [0.15, 0.2) is 25.0 Å². The summed E-state index contributed by atoms with van der Waals surface area (Å²) in [5.74, 6) is 0. The van der Waals surface area contributed by atoms with Crippen LogP contribution in [0.4, 0.5) is 0 Å². The van der Waals surface area contributed by atoms with E-state index in [-0.39, 0.29) is 0 Å². The molecule has 0 aliphatic rings. The molecule has 5 aromatic rings. The summed E-state index contributed by atoms with van der Waals surface area (Å²) < 4.78 is 88.8. The largest absolute Gasteiger partial charge is 0.505 e. The third-order valence-electron chi connectivity index (χ3n) is 18.3. The zero-order valence-corrected chi connectivity index (χ0v) is 85.3. The lowest BCUT2D eigenvalue weighted by Gasteiger charge is -2.28. The van der Waals surface area contributed by atoms with Crippen LogP contribution in [-0.4, -0.2) is 183 Å². The zero-order chi connectivity index (χ0) is 83.2. The second kappa shape index (κ2) is 54.6. The normalized spacial score (nSPS) is 12.6. The lowest BCUT2D eigenvalue weighted by Crippen LogP contribution is -2.52. The summed E-state index contributed by atoms with van der Waals surface area (Å²) in [5.41, 5.74) is 10.8. The molecule has 630 valence electrons. The standard InChI is InChI=1S/C19H36O3Si2.3C17H32O3Si2.C15H28O3Si2/c1-7-20-23(4,5)16-14-18-10-12-19(13-11-18)15-17-24(6,21-8-2)22-9-3;2*1-7-18-21(4,5)14-16-10-12-17(13-11-16)15-22(6,19-8-2)20-9-3;1-7-18-22(19-8-2,20-9-3)15-17-12-10-16(11-13-17)14-21(4,5)6;1-7-16-19(4,5)14-10-12-15(13-11-14)20(6,17-8-2)18-9-3/h10-13H,7-9,14-17H2,1-6H3;3*10-13H,7-9,14-15H2,1-6H3;10-13H,7-9H2,1-6H3. The molecule has 0 saturated carbocycles. The average molecular weight is 1700 g/mol. The highest BCUT2D eigenvalue weighted by atomic mass is 28.4. The molecular formula is C85H160O15Si10. The molecule has 0 heterocycles. The number of rotatable bonds is 50. The first kappa shape index (κ1) is 106. The van der Waals surface area contributed by atoms with Gasteiger partial charge in [0.1, 0.15) is 0 Å². The van der Waals surface area contributed by atoms with Crippen LogP contribution in [0.2, 0.25) is 110 Å². The Kier molecular flexibility index (Phi) is 52.5. The van der Waals surface area contributed by atoms with Gasteiger partial charge in [-0.15, -0.1) is 0 Å². The van der Waals surface area contributed by atoms with Gasteiger partial charge < -0.3 is 66.4 Å². The summed E-state index contributed by atoms with van der Waals surface area (Å²) in [6, 6.07) is 52.5. The van der Waals surface area contributed by atoms with E-state index < -0.39 is 84.4 Å². The van der Waals surface area contributed by atoms with E-state index in [0.29, 0.717) is 33.0 Å². The van der Waals surface area contributed by atoms with Crippen LogP contribution in [0.5, 0.6) is 0 Å². The fourth-order valence-corrected chi connectivity index (χ4v) is 35.1. The fourth-order valence-electron chi connectivity index (χ4n) is 13.6. The van der Waals surface area contributed by atoms with Crippen molar-refractivity contribution in [2.45, 2.75) is 263 Å². The van der Waals surface area contributed by atoms with Crippen LogP contribution >= 0.6 is 0 Å². The highest BCUT2D eigenvalue weighted by molar-refractivity contribution is 6.85. The van der Waals surface area contributed by atoms with Crippen molar-refractivity contribution in [3.8, 4) is 0 Å². The molecule has 0 radical (unpaired) electrons. The summed E-state index contributed by atoms with van der Waals surface area (Å²) >= 11 is 0. The molecule has 0 aromatic heterocycles. The van der Waals surface area contributed by atoms with E-state index in [9.17, 15) is 0 Å². The second-order valence-electron chi connectivity index (χ2n) is 31.8. The molecule has 0 fully saturated rings. The number of hydrogen-bond acceptors (Lipinski definition) is 15. The molecular weight excluding hydrogens is 1540 g/mol. The van der Waals surface area contributed by atoms with Crippen molar-refractivity contribution in [1.29, 1.82) is 0 Å². The van der Waals surface area contributed by atoms with Crippen molar-refractivity contribution in [3.05, 3.63) is 166 Å². The van der Waals surface area contributed by atoms with Crippen LogP contribution in [-0.2, 0) is 115 Å². The van der Waals surface area contributed by atoms with Crippen LogP contribution in [0, 0.1) is 0 Å². The van der Waals surface area contributed by atoms with Gasteiger partial charge in [0.2, 0.25) is 8.32 Å². The maximum absolute atomic E-state index is 5.93. The van der Waals surface area contributed by atoms with Gasteiger partial charge in [-0.2, -0.15) is 0 Å². The molecule has 110 heavy (non-hydrogen) atoms. The first-order valence-electron chi connectivity index (χ1n) is 41.8. The summed E-state index contributed by atoms with van der Waals surface area (Å²) in [7, 11) is -18.5. The minimum absolute atomic E-state index is 0.625. The molecule has 5 rings (SSSR count). The van der Waals surface area contributed by atoms with Gasteiger partial charge in [0.05, 0.1) is 0 Å². The zero-order valence-electron chi connectivity index (χ0n) is 75.3. The van der Waals surface area contributed by atoms with Crippen molar-refractivity contribution in [2.24, 2.45) is 0 Å². The Morgan fingerprint density at radius 1 is 0.200 bits per heavy atom. The van der Waals surface area contributed by atoms with Gasteiger partial charge in [0, 0.05) is 125 Å². The van der Waals surface area contributed by atoms with Crippen LogP contribution in [0.3, 0.4) is 0 Å². The molecule has 0 saturated heterocycles. The predicted octanol–water partition coefficient (Wildman–Crippen LogP) is 20.4. The number of aryl methyl sites for hydroxylation is 2. The topological polar surface area (TPSA) is 138 Å². The third kappa shape index (κ3) is 44.3. The van der Waals surface area contributed by atoms with E-state index >= 15 is 0 Å². The second-order valence-corrected chi connectivity index (χ2v) is 69.1. The van der Waals surface area contributed by atoms with Crippen LogP contribution in [0.15, 0.2) is 121 Å². The average Bonchev–Trinajstić information content (AvgIpc) is 0.806. The lowest BCUT2D eigenvalue weighted by atomic mass is 10.1. The molecule has 0 N–H and O–H groups in total. The van der Waals surface area contributed by atoms with E-state index in [4.69, 9.17) is 66.4 Å². The van der Waals surface area contributed by atoms with E-state index in [0.717, 1.165) is 115 Å². The summed E-state index contributed by atoms with van der Waals surface area (Å²) in [6.07, 6.45) is 2.14. The maximum atomic E-state index is 5.93. The smallest absolute Gasteiger partial charge is 0.418 e. The Bertz CT molecular complexity index is 3000. The van der Waals surface area contributed by atoms with Gasteiger partial charge in [-0.1, -0.05) is 147 Å². The lowest BCUT2D eigenvalue weighted by molar-refractivity contribution is 0.0703. The Morgan fingerprint density at radius 3 is 0.745 bits per heavy atom. The van der Waals surface area contributed by atoms with E-state index in [1.807, 2.05) is 76.2 Å². The minimum atomic E-state index is -2.59. The van der Waals surface area contributed by atoms with Gasteiger partial charge in [-0.3, -0.25) is 0 Å². The Labute approximate surface area is 684 Å². The van der Waals surface area contributed by atoms with Crippen molar-refractivity contribution in [3.63, 3.8) is 0 Å². The highest BCUT2D eigenvalue weighted by Crippen LogP contribution is 2.25. The maximum Gasteiger partial charge on any atom is 0.505 e. The molecule has 0 unspecified atom stereocenters. The minimum Gasteiger partial charge on any atom is -0.418 e. The Morgan fingerprint density at radius 2 is 0.445 bits per heavy atom. The first-order chi connectivity index (χ1) is 51.7. The summed E-state index contributed by atoms with van der Waals surface area (Å²) in [4.78, 5) is 0. The van der Waals surface area contributed by atoms with Crippen LogP contribution in [0.25, 0.3) is 0 Å². The first-order valence-corrected chi connectivity index (χ1v) is 69.5. The molecule has 0 atom stereocenters.